The second-order valence-electron chi connectivity index (χ2n) is 3.11. The van der Waals surface area contributed by atoms with Crippen LogP contribution in [0.1, 0.15) is 5.56 Å². The van der Waals surface area contributed by atoms with Crippen LogP contribution in [0.5, 0.6) is 0 Å². The maximum Gasteiger partial charge on any atom is 0.415 e. The molecule has 1 rings (SSSR count). The van der Waals surface area contributed by atoms with Gasteiger partial charge in [0.2, 0.25) is 0 Å². The minimum atomic E-state index is -3.95. The Kier molecular flexibility index (Phi) is 5.99. The van der Waals surface area contributed by atoms with Crippen LogP contribution < -0.4 is 0 Å². The Morgan fingerprint density at radius 3 is 2.61 bits per heavy atom. The minimum absolute atomic E-state index is 0.182. The van der Waals surface area contributed by atoms with Gasteiger partial charge in [0.05, 0.1) is 6.61 Å². The van der Waals surface area contributed by atoms with Crippen LogP contribution in [0.25, 0.3) is 0 Å². The molecule has 1 aromatic carbocycles. The molecule has 0 radical (unpaired) electrons. The van der Waals surface area contributed by atoms with Gasteiger partial charge in [0.25, 0.3) is 0 Å². The molecule has 0 aliphatic carbocycles. The van der Waals surface area contributed by atoms with Gasteiger partial charge < -0.3 is 4.74 Å². The van der Waals surface area contributed by atoms with Crippen LogP contribution in [0.4, 0.5) is 8.78 Å². The predicted octanol–water partition coefficient (Wildman–Crippen LogP) is 2.43. The fraction of sp³-hybridized carbons (Fsp3) is 0.300. The maximum absolute atomic E-state index is 12.9. The van der Waals surface area contributed by atoms with Crippen molar-refractivity contribution in [2.45, 2.75) is 11.7 Å². The quantitative estimate of drug-likeness (QED) is 0.358. The summed E-state index contributed by atoms with van der Waals surface area (Å²) in [5.74, 6) is -1.76. The molecule has 0 saturated carbocycles. The normalized spacial score (nSPS) is 11.3. The summed E-state index contributed by atoms with van der Waals surface area (Å²) in [5.41, 5.74) is 0.858. The molecule has 18 heavy (non-hydrogen) atoms. The first-order chi connectivity index (χ1) is 8.56. The second-order valence-corrected chi connectivity index (χ2v) is 3.93. The molecule has 0 saturated heterocycles. The Morgan fingerprint density at radius 1 is 1.33 bits per heavy atom. The van der Waals surface area contributed by atoms with E-state index in [0.717, 1.165) is 5.56 Å². The molecule has 0 heterocycles. The van der Waals surface area contributed by atoms with Crippen molar-refractivity contribution in [3.8, 4) is 0 Å². The summed E-state index contributed by atoms with van der Waals surface area (Å²) >= 11 is -0.647. The average Bonchev–Trinajstić information content (AvgIpc) is 2.37. The molecule has 0 fully saturated rings. The highest BCUT2D eigenvalue weighted by molar-refractivity contribution is 7.96. The van der Waals surface area contributed by atoms with E-state index in [9.17, 15) is 13.6 Å². The second kappa shape index (κ2) is 7.27. The lowest BCUT2D eigenvalue weighted by atomic mass is 10.2. The van der Waals surface area contributed by atoms with Gasteiger partial charge in [-0.25, -0.2) is 10.1 Å². The third-order valence-corrected chi connectivity index (χ3v) is 2.38. The van der Waals surface area contributed by atoms with Crippen molar-refractivity contribution in [1.29, 1.82) is 0 Å². The van der Waals surface area contributed by atoms with E-state index in [1.54, 1.807) is 24.3 Å². The molecule has 0 atom stereocenters. The number of ether oxygens (including phenoxy) is 1. The summed E-state index contributed by atoms with van der Waals surface area (Å²) in [6, 6.07) is 8.95. The molecule has 0 aliphatic heterocycles. The number of halogens is 2. The highest BCUT2D eigenvalue weighted by Gasteiger charge is 2.44. The Hall–Kier alpha value is -1.22. The summed E-state index contributed by atoms with van der Waals surface area (Å²) in [5, 5.41) is 6.74. The smallest absolute Gasteiger partial charge is 0.415 e. The molecule has 0 amide bonds. The fourth-order valence-electron chi connectivity index (χ4n) is 1.08. The van der Waals surface area contributed by atoms with Crippen LogP contribution in [-0.2, 0) is 25.3 Å². The summed E-state index contributed by atoms with van der Waals surface area (Å²) in [4.78, 5) is 11.0. The zero-order valence-electron chi connectivity index (χ0n) is 9.05. The Morgan fingerprint density at radius 2 is 2.00 bits per heavy atom. The number of esters is 1. The van der Waals surface area contributed by atoms with E-state index in [-0.39, 0.29) is 6.61 Å². The first-order valence-corrected chi connectivity index (χ1v) is 5.55. The van der Waals surface area contributed by atoms with Gasteiger partial charge in [-0.1, -0.05) is 35.4 Å². The topological polar surface area (TPSA) is 65.0 Å². The minimum Gasteiger partial charge on any atom is -0.460 e. The average molecular weight is 280 g/mol. The lowest BCUT2D eigenvalue weighted by Crippen LogP contribution is -2.28. The largest absolute Gasteiger partial charge is 0.460 e. The van der Waals surface area contributed by atoms with Crippen LogP contribution >= 0.6 is 12.0 Å². The van der Waals surface area contributed by atoms with Gasteiger partial charge in [0, 0.05) is 6.42 Å². The van der Waals surface area contributed by atoms with Gasteiger partial charge in [-0.05, 0) is 5.56 Å². The van der Waals surface area contributed by atoms with E-state index in [2.05, 4.69) is 14.1 Å². The van der Waals surface area contributed by atoms with Gasteiger partial charge in [0.1, 0.15) is 12.0 Å². The van der Waals surface area contributed by atoms with E-state index in [1.807, 2.05) is 6.07 Å². The Labute approximate surface area is 106 Å². The lowest BCUT2D eigenvalue weighted by molar-refractivity contribution is -0.433. The van der Waals surface area contributed by atoms with Crippen molar-refractivity contribution >= 4 is 18.0 Å². The number of hydrogen-bond donors (Lipinski definition) is 1. The van der Waals surface area contributed by atoms with Gasteiger partial charge in [0.15, 0.2) is 0 Å². The summed E-state index contributed by atoms with van der Waals surface area (Å²) in [6.07, 6.45) is 0.324. The van der Waals surface area contributed by atoms with Gasteiger partial charge in [-0.2, -0.15) is 8.78 Å². The van der Waals surface area contributed by atoms with Gasteiger partial charge in [-0.15, -0.1) is 4.33 Å². The maximum atomic E-state index is 12.9. The SMILES string of the molecule is O=C(OCCc1ccccc1)C(F)(F)SOOO. The zero-order valence-corrected chi connectivity index (χ0v) is 9.86. The van der Waals surface area contributed by atoms with Crippen molar-refractivity contribution < 1.29 is 32.9 Å². The Balaban J connectivity index is 2.32. The summed E-state index contributed by atoms with van der Waals surface area (Å²) in [7, 11) is 0. The van der Waals surface area contributed by atoms with E-state index in [0.29, 0.717) is 6.42 Å². The standard InChI is InChI=1S/C10H10F2O5S/c11-10(12,18-17-16-14)9(13)15-7-6-8-4-2-1-3-5-8/h1-5,14H,6-7H2. The van der Waals surface area contributed by atoms with E-state index in [1.165, 1.54) is 0 Å². The summed E-state index contributed by atoms with van der Waals surface area (Å²) in [6.45, 7) is -0.182. The number of alkyl halides is 2. The molecule has 0 unspecified atom stereocenters. The first kappa shape index (κ1) is 14.8. The van der Waals surface area contributed by atoms with Crippen molar-refractivity contribution in [2.75, 3.05) is 6.61 Å². The van der Waals surface area contributed by atoms with Gasteiger partial charge >= 0.3 is 11.2 Å². The molecule has 0 aliphatic rings. The molecule has 0 aromatic heterocycles. The third-order valence-electron chi connectivity index (χ3n) is 1.87. The Bertz CT molecular complexity index is 374. The number of rotatable bonds is 7. The predicted molar refractivity (Wildman–Crippen MR) is 58.4 cm³/mol. The number of hydrogen-bond acceptors (Lipinski definition) is 6. The summed E-state index contributed by atoms with van der Waals surface area (Å²) < 4.78 is 33.7. The van der Waals surface area contributed by atoms with Crippen molar-refractivity contribution in [1.82, 2.24) is 0 Å². The number of carbonyl (C=O) groups is 1. The van der Waals surface area contributed by atoms with E-state index in [4.69, 9.17) is 5.26 Å². The zero-order chi connectivity index (χ0) is 13.4. The highest BCUT2D eigenvalue weighted by atomic mass is 32.2. The number of benzene rings is 1. The molecule has 8 heteroatoms. The molecule has 0 spiro atoms. The molecule has 1 N–H and O–H groups in total. The highest BCUT2D eigenvalue weighted by Crippen LogP contribution is 2.31. The lowest BCUT2D eigenvalue weighted by Gasteiger charge is -2.12. The first-order valence-electron chi connectivity index (χ1n) is 4.81. The van der Waals surface area contributed by atoms with Crippen LogP contribution in [-0.4, -0.2) is 23.1 Å². The molecule has 100 valence electrons. The fourth-order valence-corrected chi connectivity index (χ4v) is 1.33. The molecule has 0 bridgehead atoms. The number of carbonyl (C=O) groups excluding carboxylic acids is 1. The monoisotopic (exact) mass is 280 g/mol. The molecular formula is C10H10F2O5S. The van der Waals surface area contributed by atoms with Gasteiger partial charge in [-0.3, -0.25) is 0 Å². The third kappa shape index (κ3) is 4.96. The van der Waals surface area contributed by atoms with Crippen molar-refractivity contribution in [3.63, 3.8) is 0 Å². The van der Waals surface area contributed by atoms with Crippen LogP contribution in [0.3, 0.4) is 0 Å². The molecule has 1 aromatic rings. The van der Waals surface area contributed by atoms with E-state index >= 15 is 0 Å². The van der Waals surface area contributed by atoms with Crippen molar-refractivity contribution in [3.05, 3.63) is 35.9 Å². The van der Waals surface area contributed by atoms with E-state index < -0.39 is 23.3 Å². The van der Waals surface area contributed by atoms with Crippen molar-refractivity contribution in [2.24, 2.45) is 0 Å². The van der Waals surface area contributed by atoms with Crippen LogP contribution in [0.2, 0.25) is 0 Å². The van der Waals surface area contributed by atoms with Crippen LogP contribution in [0, 0.1) is 0 Å². The molecular weight excluding hydrogens is 270 g/mol. The van der Waals surface area contributed by atoms with Crippen LogP contribution in [0.15, 0.2) is 30.3 Å². The molecule has 5 nitrogen and oxygen atoms in total.